The first kappa shape index (κ1) is 24.9. The van der Waals surface area contributed by atoms with E-state index in [0.717, 1.165) is 0 Å². The molecular formula is C19H37N3O3S. The van der Waals surface area contributed by atoms with Crippen LogP contribution in [0.1, 0.15) is 54.4 Å². The Hall–Kier alpha value is -1.08. The van der Waals surface area contributed by atoms with Crippen LogP contribution in [0.25, 0.3) is 0 Å². The van der Waals surface area contributed by atoms with Gasteiger partial charge in [-0.2, -0.15) is 11.8 Å². The summed E-state index contributed by atoms with van der Waals surface area (Å²) in [7, 11) is 3.41. The molecule has 0 radical (unpaired) electrons. The Morgan fingerprint density at radius 2 is 1.62 bits per heavy atom. The molecule has 0 aromatic carbocycles. The zero-order valence-electron chi connectivity index (χ0n) is 17.7. The van der Waals surface area contributed by atoms with Crippen molar-refractivity contribution in [2.75, 3.05) is 32.9 Å². The minimum absolute atomic E-state index is 0.0313. The molecule has 7 heteroatoms. The third-order valence-electron chi connectivity index (χ3n) is 3.90. The van der Waals surface area contributed by atoms with Crippen LogP contribution in [0.2, 0.25) is 0 Å². The van der Waals surface area contributed by atoms with Crippen LogP contribution in [0, 0.1) is 5.41 Å². The summed E-state index contributed by atoms with van der Waals surface area (Å²) in [6.07, 6.45) is 0.381. The number of nitrogens with zero attached hydrogens (tertiary/aromatic N) is 1. The quantitative estimate of drug-likeness (QED) is 0.561. The van der Waals surface area contributed by atoms with Crippen LogP contribution >= 0.6 is 11.8 Å². The number of carbonyl (C=O) groups is 3. The van der Waals surface area contributed by atoms with Gasteiger partial charge in [-0.3, -0.25) is 14.4 Å². The summed E-state index contributed by atoms with van der Waals surface area (Å²) in [5, 5.41) is 5.76. The molecule has 0 aliphatic rings. The summed E-state index contributed by atoms with van der Waals surface area (Å²) in [4.78, 5) is 39.0. The molecule has 0 spiro atoms. The third kappa shape index (κ3) is 10.2. The molecule has 0 rings (SSSR count). The maximum absolute atomic E-state index is 12.6. The molecule has 0 aliphatic carbocycles. The van der Waals surface area contributed by atoms with Crippen molar-refractivity contribution in [3.8, 4) is 0 Å². The monoisotopic (exact) mass is 387 g/mol. The molecule has 6 nitrogen and oxygen atoms in total. The van der Waals surface area contributed by atoms with Gasteiger partial charge in [-0.15, -0.1) is 0 Å². The van der Waals surface area contributed by atoms with Gasteiger partial charge in [-0.1, -0.05) is 41.5 Å². The standard InChI is InChI=1S/C19H37N3O3S/c1-18(2,3)15(23)13-14(17(25)21-11-10-20-7)22(8)16(24)9-12-26-19(4,5)6/h14,20H,9-13H2,1-8H3,(H,21,25). The van der Waals surface area contributed by atoms with Gasteiger partial charge >= 0.3 is 0 Å². The highest BCUT2D eigenvalue weighted by atomic mass is 32.2. The third-order valence-corrected chi connectivity index (χ3v) is 5.18. The van der Waals surface area contributed by atoms with Gasteiger partial charge in [0.15, 0.2) is 0 Å². The number of nitrogens with one attached hydrogen (secondary N) is 2. The second kappa shape index (κ2) is 10.9. The van der Waals surface area contributed by atoms with Gasteiger partial charge in [0.05, 0.1) is 0 Å². The normalized spacial score (nSPS) is 13.2. The smallest absolute Gasteiger partial charge is 0.243 e. The van der Waals surface area contributed by atoms with Crippen molar-refractivity contribution in [2.24, 2.45) is 5.41 Å². The molecule has 0 aromatic rings. The lowest BCUT2D eigenvalue weighted by atomic mass is 9.86. The first-order valence-electron chi connectivity index (χ1n) is 9.15. The fourth-order valence-corrected chi connectivity index (χ4v) is 3.00. The largest absolute Gasteiger partial charge is 0.353 e. The first-order valence-corrected chi connectivity index (χ1v) is 10.1. The van der Waals surface area contributed by atoms with E-state index in [0.29, 0.717) is 25.3 Å². The van der Waals surface area contributed by atoms with E-state index in [4.69, 9.17) is 0 Å². The predicted molar refractivity (Wildman–Crippen MR) is 109 cm³/mol. The maximum Gasteiger partial charge on any atom is 0.243 e. The lowest BCUT2D eigenvalue weighted by Gasteiger charge is -2.29. The number of hydrogen-bond acceptors (Lipinski definition) is 5. The van der Waals surface area contributed by atoms with E-state index in [-0.39, 0.29) is 28.8 Å². The Bertz CT molecular complexity index is 481. The predicted octanol–water partition coefficient (Wildman–Crippen LogP) is 2.08. The van der Waals surface area contributed by atoms with E-state index in [1.165, 1.54) is 4.90 Å². The van der Waals surface area contributed by atoms with Gasteiger partial charge in [0.25, 0.3) is 0 Å². The zero-order valence-corrected chi connectivity index (χ0v) is 18.5. The van der Waals surface area contributed by atoms with E-state index in [1.807, 2.05) is 20.8 Å². The van der Waals surface area contributed by atoms with Crippen molar-refractivity contribution in [1.82, 2.24) is 15.5 Å². The first-order chi connectivity index (χ1) is 11.8. The summed E-state index contributed by atoms with van der Waals surface area (Å²) in [6.45, 7) is 12.9. The number of ketones is 1. The molecule has 2 amide bonds. The van der Waals surface area contributed by atoms with Crippen molar-refractivity contribution >= 4 is 29.4 Å². The molecule has 0 heterocycles. The molecule has 0 fully saturated rings. The van der Waals surface area contributed by atoms with Crippen molar-refractivity contribution in [3.05, 3.63) is 0 Å². The Kier molecular flexibility index (Phi) is 10.5. The molecule has 0 saturated heterocycles. The molecule has 0 aromatic heterocycles. The van der Waals surface area contributed by atoms with Crippen LogP contribution in [-0.2, 0) is 14.4 Å². The number of rotatable bonds is 10. The Morgan fingerprint density at radius 3 is 2.08 bits per heavy atom. The zero-order chi connectivity index (χ0) is 20.5. The highest BCUT2D eigenvalue weighted by Crippen LogP contribution is 2.24. The Morgan fingerprint density at radius 1 is 1.04 bits per heavy atom. The number of hydrogen-bond donors (Lipinski definition) is 2. The van der Waals surface area contributed by atoms with Gasteiger partial charge in [0.1, 0.15) is 11.8 Å². The van der Waals surface area contributed by atoms with Crippen molar-refractivity contribution < 1.29 is 14.4 Å². The highest BCUT2D eigenvalue weighted by Gasteiger charge is 2.32. The van der Waals surface area contributed by atoms with E-state index in [2.05, 4.69) is 31.4 Å². The Labute approximate surface area is 163 Å². The van der Waals surface area contributed by atoms with Crippen LogP contribution in [0.5, 0.6) is 0 Å². The van der Waals surface area contributed by atoms with Crippen LogP contribution in [-0.4, -0.2) is 66.2 Å². The molecule has 0 saturated carbocycles. The average Bonchev–Trinajstić information content (AvgIpc) is 2.49. The molecule has 0 bridgehead atoms. The van der Waals surface area contributed by atoms with Gasteiger partial charge in [0, 0.05) is 48.9 Å². The molecule has 1 atom stereocenters. The van der Waals surface area contributed by atoms with Gasteiger partial charge < -0.3 is 15.5 Å². The molecule has 26 heavy (non-hydrogen) atoms. The summed E-state index contributed by atoms with van der Waals surface area (Å²) < 4.78 is 0.0883. The molecular weight excluding hydrogens is 350 g/mol. The van der Waals surface area contributed by atoms with E-state index < -0.39 is 11.5 Å². The average molecular weight is 388 g/mol. The van der Waals surface area contributed by atoms with Crippen LogP contribution in [0.4, 0.5) is 0 Å². The summed E-state index contributed by atoms with van der Waals surface area (Å²) in [5.41, 5.74) is -0.546. The van der Waals surface area contributed by atoms with E-state index in [1.54, 1.807) is 25.9 Å². The topological polar surface area (TPSA) is 78.5 Å². The summed E-state index contributed by atoms with van der Waals surface area (Å²) >= 11 is 1.71. The number of likely N-dealkylation sites (N-methyl/N-ethyl adjacent to an activating group) is 2. The highest BCUT2D eigenvalue weighted by molar-refractivity contribution is 8.00. The number of Topliss-reactive ketones (excluding diaryl/α,β-unsaturated/α-hetero) is 1. The van der Waals surface area contributed by atoms with Crippen LogP contribution in [0.3, 0.4) is 0 Å². The SMILES string of the molecule is CNCCNC(=O)C(CC(=O)C(C)(C)C)N(C)C(=O)CCSC(C)(C)C. The minimum Gasteiger partial charge on any atom is -0.353 e. The van der Waals surface area contributed by atoms with Gasteiger partial charge in [-0.05, 0) is 7.05 Å². The van der Waals surface area contributed by atoms with Gasteiger partial charge in [0.2, 0.25) is 11.8 Å². The molecule has 1 unspecified atom stereocenters. The molecule has 152 valence electrons. The van der Waals surface area contributed by atoms with Crippen LogP contribution in [0.15, 0.2) is 0 Å². The number of thioether (sulfide) groups is 1. The second-order valence-electron chi connectivity index (χ2n) is 8.50. The number of amides is 2. The van der Waals surface area contributed by atoms with Gasteiger partial charge in [-0.25, -0.2) is 0 Å². The minimum atomic E-state index is -0.772. The Balaban J connectivity index is 5.02. The molecule has 2 N–H and O–H groups in total. The summed E-state index contributed by atoms with van der Waals surface area (Å²) in [6, 6.07) is -0.772. The van der Waals surface area contributed by atoms with E-state index in [9.17, 15) is 14.4 Å². The maximum atomic E-state index is 12.6. The van der Waals surface area contributed by atoms with Crippen molar-refractivity contribution in [1.29, 1.82) is 0 Å². The number of carbonyl (C=O) groups excluding carboxylic acids is 3. The molecule has 0 aliphatic heterocycles. The lowest BCUT2D eigenvalue weighted by molar-refractivity contribution is -0.141. The fraction of sp³-hybridized carbons (Fsp3) is 0.842. The summed E-state index contributed by atoms with van der Waals surface area (Å²) in [5.74, 6) is 0.262. The lowest BCUT2D eigenvalue weighted by Crippen LogP contribution is -2.50. The van der Waals surface area contributed by atoms with Crippen molar-refractivity contribution in [3.63, 3.8) is 0 Å². The van der Waals surface area contributed by atoms with Crippen LogP contribution < -0.4 is 10.6 Å². The van der Waals surface area contributed by atoms with E-state index >= 15 is 0 Å². The van der Waals surface area contributed by atoms with Crippen molar-refractivity contribution in [2.45, 2.75) is 65.2 Å². The second-order valence-corrected chi connectivity index (χ2v) is 10.4. The fourth-order valence-electron chi connectivity index (χ4n) is 2.11.